The van der Waals surface area contributed by atoms with E-state index in [1.165, 1.54) is 23.9 Å². The maximum atomic E-state index is 12.3. The number of ether oxygens (including phenoxy) is 1. The van der Waals surface area contributed by atoms with Crippen LogP contribution in [-0.2, 0) is 22.5 Å². The first-order valence-electron chi connectivity index (χ1n) is 8.58. The minimum absolute atomic E-state index is 0.171. The number of thioether (sulfide) groups is 1. The van der Waals surface area contributed by atoms with Gasteiger partial charge in [-0.3, -0.25) is 4.79 Å². The molecule has 1 aliphatic heterocycles. The van der Waals surface area contributed by atoms with Gasteiger partial charge in [-0.1, -0.05) is 53.5 Å². The molecule has 2 heterocycles. The molecular weight excluding hydrogens is 431 g/mol. The second-order valence-corrected chi connectivity index (χ2v) is 8.25. The summed E-state index contributed by atoms with van der Waals surface area (Å²) in [5.74, 6) is 0.843. The molecule has 1 atom stereocenters. The molecule has 1 aliphatic rings. The zero-order chi connectivity index (χ0) is 19.4. The largest absolute Gasteiger partial charge is 0.376 e. The number of aromatic nitrogens is 3. The molecule has 6 nitrogen and oxygen atoms in total. The van der Waals surface area contributed by atoms with Gasteiger partial charge in [0.2, 0.25) is 5.91 Å². The number of rotatable bonds is 7. The molecule has 146 valence electrons. The van der Waals surface area contributed by atoms with E-state index >= 15 is 0 Å². The van der Waals surface area contributed by atoms with Gasteiger partial charge in [-0.25, -0.2) is 0 Å². The van der Waals surface area contributed by atoms with Crippen LogP contribution in [-0.4, -0.2) is 39.1 Å². The van der Waals surface area contributed by atoms with E-state index < -0.39 is 0 Å². The highest BCUT2D eigenvalue weighted by Gasteiger charge is 2.21. The van der Waals surface area contributed by atoms with Crippen LogP contribution in [0.5, 0.6) is 0 Å². The third-order valence-corrected chi connectivity index (χ3v) is 6.14. The smallest absolute Gasteiger partial charge is 0.234 e. The Morgan fingerprint density at radius 2 is 2.07 bits per heavy atom. The average molecular weight is 450 g/mol. The Kier molecular flexibility index (Phi) is 7.28. The molecule has 27 heavy (non-hydrogen) atoms. The molecule has 1 unspecified atom stereocenters. The van der Waals surface area contributed by atoms with E-state index in [4.69, 9.17) is 39.5 Å². The Morgan fingerprint density at radius 3 is 2.78 bits per heavy atom. The quantitative estimate of drug-likeness (QED) is 0.490. The normalized spacial score (nSPS) is 16.7. The lowest BCUT2D eigenvalue weighted by molar-refractivity contribution is -0.113. The highest BCUT2D eigenvalue weighted by molar-refractivity contribution is 7.99. The molecule has 1 aromatic heterocycles. The zero-order valence-corrected chi connectivity index (χ0v) is 17.8. The lowest BCUT2D eigenvalue weighted by Gasteiger charge is -2.14. The van der Waals surface area contributed by atoms with Crippen LogP contribution < -0.4 is 5.32 Å². The summed E-state index contributed by atoms with van der Waals surface area (Å²) in [5.41, 5.74) is 0.423. The standard InChI is InChI=1S/C17H19Cl3N4O2S/c1-2-15-22-23-17(24(15)8-10-4-3-5-26-10)27-9-16(25)21-14-7-12(19)11(18)6-13(14)20/h6-7,10H,2-5,8-9H2,1H3,(H,21,25). The number of carbonyl (C=O) groups is 1. The summed E-state index contributed by atoms with van der Waals surface area (Å²) in [7, 11) is 0. The molecule has 0 saturated carbocycles. The number of hydrogen-bond acceptors (Lipinski definition) is 5. The van der Waals surface area contributed by atoms with E-state index in [1.807, 2.05) is 11.5 Å². The third-order valence-electron chi connectivity index (χ3n) is 4.14. The van der Waals surface area contributed by atoms with Crippen LogP contribution in [0, 0.1) is 0 Å². The minimum atomic E-state index is -0.218. The first-order valence-corrected chi connectivity index (χ1v) is 10.7. The van der Waals surface area contributed by atoms with Gasteiger partial charge in [0.05, 0.1) is 39.2 Å². The predicted molar refractivity (Wildman–Crippen MR) is 109 cm³/mol. The van der Waals surface area contributed by atoms with Gasteiger partial charge in [0.15, 0.2) is 5.16 Å². The molecule has 0 aliphatic carbocycles. The Balaban J connectivity index is 1.63. The lowest BCUT2D eigenvalue weighted by atomic mass is 10.2. The molecule has 3 rings (SSSR count). The van der Waals surface area contributed by atoms with Crippen LogP contribution in [0.25, 0.3) is 0 Å². The maximum Gasteiger partial charge on any atom is 0.234 e. The van der Waals surface area contributed by atoms with Crippen LogP contribution in [0.3, 0.4) is 0 Å². The summed E-state index contributed by atoms with van der Waals surface area (Å²) in [6.45, 7) is 3.53. The molecule has 1 saturated heterocycles. The van der Waals surface area contributed by atoms with Gasteiger partial charge < -0.3 is 14.6 Å². The highest BCUT2D eigenvalue weighted by Crippen LogP contribution is 2.32. The number of halogens is 3. The van der Waals surface area contributed by atoms with Crippen LogP contribution >= 0.6 is 46.6 Å². The first kappa shape index (κ1) is 20.7. The van der Waals surface area contributed by atoms with Crippen molar-refractivity contribution in [3.05, 3.63) is 33.0 Å². The Labute approximate surface area is 176 Å². The second-order valence-electron chi connectivity index (χ2n) is 6.08. The summed E-state index contributed by atoms with van der Waals surface area (Å²) in [6.07, 6.45) is 3.05. The SMILES string of the molecule is CCc1nnc(SCC(=O)Nc2cc(Cl)c(Cl)cc2Cl)n1CC1CCCO1. The number of amides is 1. The number of nitrogens with zero attached hydrogens (tertiary/aromatic N) is 3. The van der Waals surface area contributed by atoms with Gasteiger partial charge in [-0.2, -0.15) is 0 Å². The summed E-state index contributed by atoms with van der Waals surface area (Å²) in [6, 6.07) is 3.03. The third kappa shape index (κ3) is 5.29. The fourth-order valence-corrected chi connectivity index (χ4v) is 4.16. The van der Waals surface area contributed by atoms with E-state index in [-0.39, 0.29) is 17.8 Å². The molecule has 0 radical (unpaired) electrons. The van der Waals surface area contributed by atoms with Crippen molar-refractivity contribution in [2.45, 2.75) is 44.0 Å². The van der Waals surface area contributed by atoms with Crippen molar-refractivity contribution >= 4 is 58.2 Å². The monoisotopic (exact) mass is 448 g/mol. The van der Waals surface area contributed by atoms with E-state index in [2.05, 4.69) is 15.5 Å². The van der Waals surface area contributed by atoms with Gasteiger partial charge in [-0.15, -0.1) is 10.2 Å². The van der Waals surface area contributed by atoms with Crippen LogP contribution in [0.15, 0.2) is 17.3 Å². The number of anilines is 1. The van der Waals surface area contributed by atoms with Crippen molar-refractivity contribution in [3.8, 4) is 0 Å². The van der Waals surface area contributed by atoms with E-state index in [1.54, 1.807) is 0 Å². The summed E-state index contributed by atoms with van der Waals surface area (Å²) in [4.78, 5) is 12.3. The van der Waals surface area contributed by atoms with E-state index in [0.717, 1.165) is 31.7 Å². The van der Waals surface area contributed by atoms with Crippen LogP contribution in [0.4, 0.5) is 5.69 Å². The molecule has 1 N–H and O–H groups in total. The maximum absolute atomic E-state index is 12.3. The predicted octanol–water partition coefficient (Wildman–Crippen LogP) is 4.71. The first-order chi connectivity index (χ1) is 13.0. The summed E-state index contributed by atoms with van der Waals surface area (Å²) in [5, 5.41) is 12.9. The summed E-state index contributed by atoms with van der Waals surface area (Å²) >= 11 is 19.3. The van der Waals surface area contributed by atoms with E-state index in [9.17, 15) is 4.79 Å². The van der Waals surface area contributed by atoms with Gasteiger partial charge in [-0.05, 0) is 25.0 Å². The molecule has 2 aromatic rings. The summed E-state index contributed by atoms with van der Waals surface area (Å²) < 4.78 is 7.76. The second kappa shape index (κ2) is 9.47. The molecule has 0 spiro atoms. The highest BCUT2D eigenvalue weighted by atomic mass is 35.5. The molecule has 1 amide bonds. The van der Waals surface area contributed by atoms with E-state index in [0.29, 0.717) is 32.5 Å². The van der Waals surface area contributed by atoms with Crippen molar-refractivity contribution < 1.29 is 9.53 Å². The number of nitrogens with one attached hydrogen (secondary N) is 1. The van der Waals surface area contributed by atoms with Crippen molar-refractivity contribution in [1.29, 1.82) is 0 Å². The fourth-order valence-electron chi connectivity index (χ4n) is 2.80. The molecule has 1 fully saturated rings. The van der Waals surface area contributed by atoms with Crippen LogP contribution in [0.1, 0.15) is 25.6 Å². The Hall–Kier alpha value is -0.990. The van der Waals surface area contributed by atoms with Gasteiger partial charge in [0.25, 0.3) is 0 Å². The molecule has 0 bridgehead atoms. The number of hydrogen-bond donors (Lipinski definition) is 1. The van der Waals surface area contributed by atoms with Crippen molar-refractivity contribution in [2.75, 3.05) is 17.7 Å². The molecular formula is C17H19Cl3N4O2S. The van der Waals surface area contributed by atoms with Crippen molar-refractivity contribution in [2.24, 2.45) is 0 Å². The fraction of sp³-hybridized carbons (Fsp3) is 0.471. The van der Waals surface area contributed by atoms with Gasteiger partial charge in [0, 0.05) is 13.0 Å². The zero-order valence-electron chi connectivity index (χ0n) is 14.7. The van der Waals surface area contributed by atoms with Gasteiger partial charge >= 0.3 is 0 Å². The lowest BCUT2D eigenvalue weighted by Crippen LogP contribution is -2.19. The van der Waals surface area contributed by atoms with Crippen molar-refractivity contribution in [3.63, 3.8) is 0 Å². The number of benzene rings is 1. The molecule has 1 aromatic carbocycles. The molecule has 10 heteroatoms. The minimum Gasteiger partial charge on any atom is -0.376 e. The number of aryl methyl sites for hydroxylation is 1. The topological polar surface area (TPSA) is 69.0 Å². The Bertz CT molecular complexity index is 825. The van der Waals surface area contributed by atoms with Crippen LogP contribution in [0.2, 0.25) is 15.1 Å². The van der Waals surface area contributed by atoms with Gasteiger partial charge in [0.1, 0.15) is 5.82 Å². The van der Waals surface area contributed by atoms with Crippen molar-refractivity contribution in [1.82, 2.24) is 14.8 Å². The number of carbonyl (C=O) groups excluding carboxylic acids is 1. The average Bonchev–Trinajstić information content (AvgIpc) is 3.28. The Morgan fingerprint density at radius 1 is 1.30 bits per heavy atom.